The fraction of sp³-hybridized carbons (Fsp3) is 0.160. The Morgan fingerprint density at radius 1 is 0.909 bits per heavy atom. The molecule has 0 heterocycles. The molecule has 3 aromatic carbocycles. The molecule has 0 unspecified atom stereocenters. The highest BCUT2D eigenvalue weighted by atomic mass is 32.2. The maximum absolute atomic E-state index is 12.0. The lowest BCUT2D eigenvalue weighted by atomic mass is 10.2. The first-order valence-electron chi connectivity index (χ1n) is 10.3. The van der Waals surface area contributed by atoms with Gasteiger partial charge in [0, 0.05) is 22.8 Å². The molecule has 0 atom stereocenters. The molecule has 3 rings (SSSR count). The van der Waals surface area contributed by atoms with E-state index >= 15 is 0 Å². The van der Waals surface area contributed by atoms with E-state index in [0.717, 1.165) is 16.2 Å². The number of methoxy groups -OCH3 is 1. The van der Waals surface area contributed by atoms with E-state index in [0.29, 0.717) is 23.6 Å². The average molecular weight is 464 g/mol. The number of carbonyl (C=O) groups excluding carboxylic acids is 2. The molecule has 0 aromatic heterocycles. The Morgan fingerprint density at radius 3 is 2.30 bits per heavy atom. The molecule has 0 saturated heterocycles. The molecule has 0 fully saturated rings. The third-order valence-electron chi connectivity index (χ3n) is 4.37. The normalized spacial score (nSPS) is 10.6. The van der Waals surface area contributed by atoms with Crippen molar-refractivity contribution in [2.75, 3.05) is 24.8 Å². The van der Waals surface area contributed by atoms with E-state index in [1.165, 1.54) is 0 Å². The van der Waals surface area contributed by atoms with E-state index in [2.05, 4.69) is 15.8 Å². The van der Waals surface area contributed by atoms with Crippen LogP contribution >= 0.6 is 11.8 Å². The Morgan fingerprint density at radius 2 is 1.61 bits per heavy atom. The van der Waals surface area contributed by atoms with E-state index in [1.807, 2.05) is 30.3 Å². The van der Waals surface area contributed by atoms with E-state index in [4.69, 9.17) is 9.47 Å². The van der Waals surface area contributed by atoms with Crippen LogP contribution in [0.2, 0.25) is 0 Å². The number of hydrogen-bond donors (Lipinski definition) is 2. The van der Waals surface area contributed by atoms with Crippen LogP contribution in [0.15, 0.2) is 88.9 Å². The summed E-state index contributed by atoms with van der Waals surface area (Å²) in [6.07, 6.45) is 1.94. The first-order chi connectivity index (χ1) is 16.1. The molecule has 8 heteroatoms. The lowest BCUT2D eigenvalue weighted by Gasteiger charge is -2.08. The number of hydrogen-bond acceptors (Lipinski definition) is 6. The second-order valence-electron chi connectivity index (χ2n) is 6.84. The number of anilines is 1. The minimum absolute atomic E-state index is 0.115. The molecular weight excluding hydrogens is 438 g/mol. The minimum Gasteiger partial charge on any atom is -0.497 e. The van der Waals surface area contributed by atoms with Crippen LogP contribution in [0.5, 0.6) is 11.5 Å². The maximum atomic E-state index is 12.0. The van der Waals surface area contributed by atoms with Crippen molar-refractivity contribution >= 4 is 35.5 Å². The number of carbonyl (C=O) groups is 2. The summed E-state index contributed by atoms with van der Waals surface area (Å²) >= 11 is 1.63. The molecule has 2 N–H and O–H groups in total. The van der Waals surface area contributed by atoms with Gasteiger partial charge in [-0.15, -0.1) is 11.8 Å². The van der Waals surface area contributed by atoms with E-state index < -0.39 is 0 Å². The standard InChI is InChI=1S/C25H25N3O4S/c1-31-21-13-9-20(10-14-21)27-25(30)18-32-22-11-7-19(8-12-22)17-26-28-24(29)15-16-33-23-5-3-2-4-6-23/h2-14,17H,15-16,18H2,1H3,(H,27,30)(H,28,29)/b26-17+. The Labute approximate surface area is 197 Å². The number of benzene rings is 3. The van der Waals surface area contributed by atoms with Gasteiger partial charge in [0.25, 0.3) is 5.91 Å². The van der Waals surface area contributed by atoms with Crippen molar-refractivity contribution in [1.82, 2.24) is 5.43 Å². The van der Waals surface area contributed by atoms with Crippen LogP contribution in [0.25, 0.3) is 0 Å². The van der Waals surface area contributed by atoms with Gasteiger partial charge in [-0.1, -0.05) is 18.2 Å². The monoisotopic (exact) mass is 463 g/mol. The maximum Gasteiger partial charge on any atom is 0.262 e. The van der Waals surface area contributed by atoms with Crippen LogP contribution in [0.4, 0.5) is 5.69 Å². The highest BCUT2D eigenvalue weighted by molar-refractivity contribution is 7.99. The second kappa shape index (κ2) is 12.9. The third-order valence-corrected chi connectivity index (χ3v) is 5.38. The number of rotatable bonds is 11. The van der Waals surface area contributed by atoms with Gasteiger partial charge in [-0.25, -0.2) is 5.43 Å². The Kier molecular flexibility index (Phi) is 9.35. The smallest absolute Gasteiger partial charge is 0.262 e. The minimum atomic E-state index is -0.265. The van der Waals surface area contributed by atoms with Crippen LogP contribution in [-0.2, 0) is 9.59 Å². The molecular formula is C25H25N3O4S. The van der Waals surface area contributed by atoms with Crippen molar-refractivity contribution in [3.63, 3.8) is 0 Å². The number of amides is 2. The Bertz CT molecular complexity index is 1060. The summed E-state index contributed by atoms with van der Waals surface area (Å²) < 4.78 is 10.6. The second-order valence-corrected chi connectivity index (χ2v) is 8.01. The van der Waals surface area contributed by atoms with Gasteiger partial charge in [0.15, 0.2) is 6.61 Å². The fourth-order valence-electron chi connectivity index (χ4n) is 2.68. The molecule has 0 aliphatic rings. The Hall–Kier alpha value is -3.78. The summed E-state index contributed by atoms with van der Waals surface area (Å²) in [5, 5.41) is 6.74. The molecule has 0 spiro atoms. The van der Waals surface area contributed by atoms with Crippen LogP contribution in [0.1, 0.15) is 12.0 Å². The molecule has 0 radical (unpaired) electrons. The summed E-state index contributed by atoms with van der Waals surface area (Å²) in [5.41, 5.74) is 3.99. The third kappa shape index (κ3) is 8.70. The highest BCUT2D eigenvalue weighted by Crippen LogP contribution is 2.18. The zero-order valence-corrected chi connectivity index (χ0v) is 19.0. The molecule has 33 heavy (non-hydrogen) atoms. The van der Waals surface area contributed by atoms with Crippen molar-refractivity contribution in [1.29, 1.82) is 0 Å². The molecule has 7 nitrogen and oxygen atoms in total. The number of hydrazone groups is 1. The van der Waals surface area contributed by atoms with E-state index in [1.54, 1.807) is 73.6 Å². The first-order valence-corrected chi connectivity index (χ1v) is 11.3. The lowest BCUT2D eigenvalue weighted by Crippen LogP contribution is -2.20. The van der Waals surface area contributed by atoms with Gasteiger partial charge >= 0.3 is 0 Å². The van der Waals surface area contributed by atoms with Gasteiger partial charge in [-0.05, 0) is 66.2 Å². The van der Waals surface area contributed by atoms with Crippen molar-refractivity contribution < 1.29 is 19.1 Å². The SMILES string of the molecule is COc1ccc(NC(=O)COc2ccc(/C=N/NC(=O)CCSc3ccccc3)cc2)cc1. The van der Waals surface area contributed by atoms with Gasteiger partial charge in [-0.2, -0.15) is 5.10 Å². The number of nitrogens with zero attached hydrogens (tertiary/aromatic N) is 1. The summed E-state index contributed by atoms with van der Waals surface area (Å²) in [6, 6.07) is 24.0. The topological polar surface area (TPSA) is 89.0 Å². The highest BCUT2D eigenvalue weighted by Gasteiger charge is 2.04. The molecule has 3 aromatic rings. The Balaban J connectivity index is 1.35. The molecule has 0 saturated carbocycles. The predicted molar refractivity (Wildman–Crippen MR) is 131 cm³/mol. The summed E-state index contributed by atoms with van der Waals surface area (Å²) in [5.74, 6) is 1.55. The first kappa shape index (κ1) is 23.9. The van der Waals surface area contributed by atoms with Crippen LogP contribution in [0.3, 0.4) is 0 Å². The van der Waals surface area contributed by atoms with Crippen molar-refractivity contribution in [3.05, 3.63) is 84.4 Å². The zero-order chi connectivity index (χ0) is 23.3. The number of nitrogens with one attached hydrogen (secondary N) is 2. The van der Waals surface area contributed by atoms with Crippen LogP contribution < -0.4 is 20.2 Å². The number of thioether (sulfide) groups is 1. The summed E-state index contributed by atoms with van der Waals surface area (Å²) in [4.78, 5) is 25.1. The average Bonchev–Trinajstić information content (AvgIpc) is 2.85. The molecule has 2 amide bonds. The van der Waals surface area contributed by atoms with Crippen molar-refractivity contribution in [3.8, 4) is 11.5 Å². The van der Waals surface area contributed by atoms with Crippen LogP contribution in [0, 0.1) is 0 Å². The van der Waals surface area contributed by atoms with Gasteiger partial charge in [0.05, 0.1) is 13.3 Å². The summed E-state index contributed by atoms with van der Waals surface area (Å²) in [6.45, 7) is -0.115. The molecule has 0 bridgehead atoms. The zero-order valence-electron chi connectivity index (χ0n) is 18.2. The van der Waals surface area contributed by atoms with Crippen molar-refractivity contribution in [2.24, 2.45) is 5.10 Å². The van der Waals surface area contributed by atoms with Crippen LogP contribution in [-0.4, -0.2) is 37.5 Å². The van der Waals surface area contributed by atoms with E-state index in [9.17, 15) is 9.59 Å². The predicted octanol–water partition coefficient (Wildman–Crippen LogP) is 4.35. The van der Waals surface area contributed by atoms with Crippen molar-refractivity contribution in [2.45, 2.75) is 11.3 Å². The van der Waals surface area contributed by atoms with Gasteiger partial charge in [-0.3, -0.25) is 9.59 Å². The van der Waals surface area contributed by atoms with Gasteiger partial charge in [0.1, 0.15) is 11.5 Å². The lowest BCUT2D eigenvalue weighted by molar-refractivity contribution is -0.120. The quantitative estimate of drug-likeness (QED) is 0.251. The molecule has 0 aliphatic heterocycles. The van der Waals surface area contributed by atoms with Gasteiger partial charge in [0.2, 0.25) is 5.91 Å². The number of ether oxygens (including phenoxy) is 2. The van der Waals surface area contributed by atoms with Gasteiger partial charge < -0.3 is 14.8 Å². The van der Waals surface area contributed by atoms with E-state index in [-0.39, 0.29) is 18.4 Å². The molecule has 0 aliphatic carbocycles. The summed E-state index contributed by atoms with van der Waals surface area (Å²) in [7, 11) is 1.59. The largest absolute Gasteiger partial charge is 0.497 e. The fourth-order valence-corrected chi connectivity index (χ4v) is 3.56. The molecule has 170 valence electrons.